The number of carboxylic acids is 1. The predicted octanol–water partition coefficient (Wildman–Crippen LogP) is -0.207. The molecule has 0 aliphatic rings. The molecule has 0 aliphatic carbocycles. The second kappa shape index (κ2) is 8.10. The molecule has 0 atom stereocenters. The van der Waals surface area contributed by atoms with Gasteiger partial charge in [0.2, 0.25) is 0 Å². The molecule has 2 N–H and O–H groups in total. The van der Waals surface area contributed by atoms with Crippen molar-refractivity contribution in [2.45, 2.75) is 0 Å². The van der Waals surface area contributed by atoms with Gasteiger partial charge in [0, 0.05) is 0 Å². The van der Waals surface area contributed by atoms with Crippen molar-refractivity contribution < 1.29 is 15.0 Å². The van der Waals surface area contributed by atoms with E-state index in [0.717, 1.165) is 0 Å². The van der Waals surface area contributed by atoms with Gasteiger partial charge in [-0.1, -0.05) is 6.07 Å². The summed E-state index contributed by atoms with van der Waals surface area (Å²) in [6, 6.07) is 5.52. The summed E-state index contributed by atoms with van der Waals surface area (Å²) in [7, 11) is 0. The number of benzene rings is 1. The Kier molecular flexibility index (Phi) is 10.9. The zero-order chi connectivity index (χ0) is 7.56. The van der Waals surface area contributed by atoms with Crippen LogP contribution >= 0.6 is 0 Å². The molecule has 1 aromatic rings. The number of aromatic carboxylic acids is 1. The minimum absolute atomic E-state index is 0. The molecule has 0 radical (unpaired) electrons. The van der Waals surface area contributed by atoms with Gasteiger partial charge in [-0.2, -0.15) is 0 Å². The Bertz CT molecular complexity index is 263. The first-order valence-electron chi connectivity index (χ1n) is 2.72. The minimum atomic E-state index is -1.03. The van der Waals surface area contributed by atoms with Crippen LogP contribution in [0.1, 0.15) is 10.4 Å². The Balaban J connectivity index is 0. The van der Waals surface area contributed by atoms with Gasteiger partial charge >= 0.3 is 109 Å². The van der Waals surface area contributed by atoms with Gasteiger partial charge in [0.15, 0.2) is 0 Å². The fraction of sp³-hybridized carbons (Fsp3) is 0. The van der Waals surface area contributed by atoms with E-state index in [0.29, 0.717) is 0 Å². The van der Waals surface area contributed by atoms with Gasteiger partial charge in [-0.05, 0) is 18.2 Å². The van der Waals surface area contributed by atoms with Gasteiger partial charge in [-0.25, -0.2) is 4.79 Å². The molecule has 5 heteroatoms. The molecule has 0 bridgehead atoms. The normalized spacial score (nSPS) is 7.67. The molecule has 0 aliphatic heterocycles. The van der Waals surface area contributed by atoms with Gasteiger partial charge in [0.25, 0.3) is 0 Å². The second-order valence-electron chi connectivity index (χ2n) is 1.86. The molecular weight excluding hydrogens is 210 g/mol. The average Bonchev–Trinajstić information content (AvgIpc) is 1.88. The van der Waals surface area contributed by atoms with Crippen molar-refractivity contribution in [2.75, 3.05) is 0 Å². The summed E-state index contributed by atoms with van der Waals surface area (Å²) < 4.78 is 0. The zero-order valence-electron chi connectivity index (χ0n) is 5.11. The standard InChI is InChI=1S/C7H6O3.2K.2H/c8-6-3-1-2-5(4-6)7(9)10;;;;/h1-4,8H,(H,9,10);;;;. The van der Waals surface area contributed by atoms with Crippen LogP contribution in [0.2, 0.25) is 0 Å². The molecule has 0 heterocycles. The van der Waals surface area contributed by atoms with E-state index in [2.05, 4.69) is 0 Å². The third kappa shape index (κ3) is 5.48. The van der Waals surface area contributed by atoms with E-state index >= 15 is 0 Å². The maximum absolute atomic E-state index is 10.2. The zero-order valence-corrected chi connectivity index (χ0v) is 5.11. The summed E-state index contributed by atoms with van der Waals surface area (Å²) in [6.45, 7) is 0. The Labute approximate surface area is 155 Å². The topological polar surface area (TPSA) is 57.5 Å². The molecule has 1 aromatic carbocycles. The van der Waals surface area contributed by atoms with Crippen LogP contribution in [0.3, 0.4) is 0 Å². The van der Waals surface area contributed by atoms with Crippen molar-refractivity contribution in [3.05, 3.63) is 29.8 Å². The molecule has 0 amide bonds. The summed E-state index contributed by atoms with van der Waals surface area (Å²) >= 11 is 0. The van der Waals surface area contributed by atoms with Crippen molar-refractivity contribution >= 4 is 109 Å². The molecular formula is C7H8K2O3. The molecule has 0 aromatic heterocycles. The van der Waals surface area contributed by atoms with Gasteiger partial charge in [-0.15, -0.1) is 0 Å². The number of rotatable bonds is 1. The molecule has 0 saturated carbocycles. The van der Waals surface area contributed by atoms with Crippen LogP contribution in [-0.2, 0) is 0 Å². The van der Waals surface area contributed by atoms with E-state index in [-0.39, 0.29) is 114 Å². The SMILES string of the molecule is O=C(O)c1cccc(O)c1.[KH].[KH]. The van der Waals surface area contributed by atoms with Crippen LogP contribution in [0, 0.1) is 0 Å². The maximum atomic E-state index is 10.2. The second-order valence-corrected chi connectivity index (χ2v) is 1.86. The van der Waals surface area contributed by atoms with Gasteiger partial charge in [-0.3, -0.25) is 0 Å². The Morgan fingerprint density at radius 1 is 1.25 bits per heavy atom. The number of hydrogen-bond donors (Lipinski definition) is 2. The molecule has 3 nitrogen and oxygen atoms in total. The van der Waals surface area contributed by atoms with E-state index in [1.165, 1.54) is 24.3 Å². The molecule has 12 heavy (non-hydrogen) atoms. The number of carbonyl (C=O) groups is 1. The van der Waals surface area contributed by atoms with Crippen molar-refractivity contribution in [1.29, 1.82) is 0 Å². The Hall–Kier alpha value is 1.76. The quantitative estimate of drug-likeness (QED) is 0.642. The van der Waals surface area contributed by atoms with Crippen molar-refractivity contribution in [1.82, 2.24) is 0 Å². The van der Waals surface area contributed by atoms with Crippen LogP contribution in [0.4, 0.5) is 0 Å². The van der Waals surface area contributed by atoms with E-state index < -0.39 is 5.97 Å². The van der Waals surface area contributed by atoms with Crippen molar-refractivity contribution in [3.8, 4) is 5.75 Å². The molecule has 0 unspecified atom stereocenters. The summed E-state index contributed by atoms with van der Waals surface area (Å²) in [6.07, 6.45) is 0. The van der Waals surface area contributed by atoms with Crippen LogP contribution in [-0.4, -0.2) is 119 Å². The number of phenols is 1. The van der Waals surface area contributed by atoms with Crippen LogP contribution in [0.15, 0.2) is 24.3 Å². The summed E-state index contributed by atoms with van der Waals surface area (Å²) in [5, 5.41) is 17.2. The van der Waals surface area contributed by atoms with E-state index in [4.69, 9.17) is 10.2 Å². The first kappa shape index (κ1) is 16.2. The van der Waals surface area contributed by atoms with Crippen molar-refractivity contribution in [3.63, 3.8) is 0 Å². The fourth-order valence-corrected chi connectivity index (χ4v) is 0.639. The number of hydrogen-bond acceptors (Lipinski definition) is 2. The predicted molar refractivity (Wildman–Crippen MR) is 49.4 cm³/mol. The van der Waals surface area contributed by atoms with Crippen molar-refractivity contribution in [2.24, 2.45) is 0 Å². The summed E-state index contributed by atoms with van der Waals surface area (Å²) in [5.74, 6) is -1.06. The third-order valence-electron chi connectivity index (χ3n) is 1.09. The Morgan fingerprint density at radius 2 is 1.83 bits per heavy atom. The summed E-state index contributed by atoms with van der Waals surface area (Å²) in [4.78, 5) is 10.2. The van der Waals surface area contributed by atoms with Gasteiger partial charge < -0.3 is 10.2 Å². The molecule has 0 saturated heterocycles. The van der Waals surface area contributed by atoms with Gasteiger partial charge in [0.05, 0.1) is 5.56 Å². The average molecular weight is 218 g/mol. The van der Waals surface area contributed by atoms with Crippen LogP contribution in [0.5, 0.6) is 5.75 Å². The van der Waals surface area contributed by atoms with Crippen LogP contribution < -0.4 is 0 Å². The Morgan fingerprint density at radius 3 is 2.17 bits per heavy atom. The molecule has 0 spiro atoms. The number of phenolic OH excluding ortho intramolecular Hbond substituents is 1. The first-order valence-corrected chi connectivity index (χ1v) is 2.72. The first-order chi connectivity index (χ1) is 4.70. The van der Waals surface area contributed by atoms with Gasteiger partial charge in [0.1, 0.15) is 5.75 Å². The third-order valence-corrected chi connectivity index (χ3v) is 1.09. The monoisotopic (exact) mass is 218 g/mol. The number of carboxylic acid groups (broad SMARTS) is 1. The number of aromatic hydroxyl groups is 1. The molecule has 56 valence electrons. The fourth-order valence-electron chi connectivity index (χ4n) is 0.639. The summed E-state index contributed by atoms with van der Waals surface area (Å²) in [5.41, 5.74) is 0.0972. The van der Waals surface area contributed by atoms with E-state index in [1.54, 1.807) is 0 Å². The van der Waals surface area contributed by atoms with E-state index in [1.807, 2.05) is 0 Å². The molecule has 1 rings (SSSR count). The van der Waals surface area contributed by atoms with E-state index in [9.17, 15) is 4.79 Å². The molecule has 0 fully saturated rings. The van der Waals surface area contributed by atoms with Crippen LogP contribution in [0.25, 0.3) is 0 Å².